The van der Waals surface area contributed by atoms with E-state index in [2.05, 4.69) is 10.2 Å². The molecule has 2 heterocycles. The highest BCUT2D eigenvalue weighted by molar-refractivity contribution is 6.49. The molecule has 2 saturated heterocycles. The molecule has 2 unspecified atom stereocenters. The van der Waals surface area contributed by atoms with E-state index in [0.717, 1.165) is 24.8 Å². The summed E-state index contributed by atoms with van der Waals surface area (Å²) in [7, 11) is 0. The van der Waals surface area contributed by atoms with E-state index < -0.39 is 0 Å². The van der Waals surface area contributed by atoms with E-state index in [1.54, 1.807) is 24.3 Å². The molecule has 1 aliphatic carbocycles. The van der Waals surface area contributed by atoms with Crippen LogP contribution in [-0.2, 0) is 0 Å². The average molecular weight is 387 g/mol. The van der Waals surface area contributed by atoms with Crippen molar-refractivity contribution in [3.05, 3.63) is 46.1 Å². The number of carbonyl (C=O) groups is 2. The van der Waals surface area contributed by atoms with Gasteiger partial charge in [-0.15, -0.1) is 0 Å². The maximum Gasteiger partial charge on any atom is 0.211 e. The molecule has 4 rings (SSSR count). The SMILES string of the molecule is O=C1C(Cl)=C(NCCCC2CCCN3CCCCC23)C(=O)c2ccccc21. The van der Waals surface area contributed by atoms with Crippen LogP contribution in [0.1, 0.15) is 65.7 Å². The number of hydrogen-bond donors (Lipinski definition) is 1. The number of piperidine rings is 2. The lowest BCUT2D eigenvalue weighted by molar-refractivity contribution is 0.0550. The van der Waals surface area contributed by atoms with Gasteiger partial charge in [0.2, 0.25) is 11.6 Å². The van der Waals surface area contributed by atoms with Gasteiger partial charge in [-0.2, -0.15) is 0 Å². The molecule has 0 bridgehead atoms. The molecule has 0 saturated carbocycles. The molecule has 27 heavy (non-hydrogen) atoms. The largest absolute Gasteiger partial charge is 0.381 e. The monoisotopic (exact) mass is 386 g/mol. The number of rotatable bonds is 5. The van der Waals surface area contributed by atoms with Gasteiger partial charge in [-0.05, 0) is 57.5 Å². The highest BCUT2D eigenvalue weighted by atomic mass is 35.5. The first-order chi connectivity index (χ1) is 13.2. The zero-order valence-electron chi connectivity index (χ0n) is 15.7. The quantitative estimate of drug-likeness (QED) is 0.772. The van der Waals surface area contributed by atoms with Crippen molar-refractivity contribution in [3.63, 3.8) is 0 Å². The summed E-state index contributed by atoms with van der Waals surface area (Å²) in [4.78, 5) is 27.8. The molecular formula is C22H27ClN2O2. The lowest BCUT2D eigenvalue weighted by Gasteiger charge is -2.44. The summed E-state index contributed by atoms with van der Waals surface area (Å²) in [6.07, 6.45) is 8.80. The molecule has 2 fully saturated rings. The maximum absolute atomic E-state index is 12.7. The van der Waals surface area contributed by atoms with Crippen molar-refractivity contribution in [3.8, 4) is 0 Å². The Kier molecular flexibility index (Phi) is 5.65. The second kappa shape index (κ2) is 8.15. The number of allylic oxidation sites excluding steroid dienone is 2. The number of nitrogens with zero attached hydrogens (tertiary/aromatic N) is 1. The smallest absolute Gasteiger partial charge is 0.211 e. The topological polar surface area (TPSA) is 49.4 Å². The fourth-order valence-corrected chi connectivity index (χ4v) is 5.25. The lowest BCUT2D eigenvalue weighted by Crippen LogP contribution is -2.48. The first-order valence-electron chi connectivity index (χ1n) is 10.2. The number of ketones is 2. The fraction of sp³-hybridized carbons (Fsp3) is 0.545. The minimum atomic E-state index is -0.264. The Morgan fingerprint density at radius 3 is 2.56 bits per heavy atom. The number of fused-ring (bicyclic) bond motifs is 2. The van der Waals surface area contributed by atoms with Gasteiger partial charge in [0.05, 0.1) is 0 Å². The van der Waals surface area contributed by atoms with Crippen molar-refractivity contribution in [2.24, 2.45) is 5.92 Å². The van der Waals surface area contributed by atoms with E-state index in [0.29, 0.717) is 17.7 Å². The van der Waals surface area contributed by atoms with Gasteiger partial charge in [-0.3, -0.25) is 9.59 Å². The Morgan fingerprint density at radius 2 is 1.74 bits per heavy atom. The van der Waals surface area contributed by atoms with Gasteiger partial charge >= 0.3 is 0 Å². The van der Waals surface area contributed by atoms with Gasteiger partial charge in [-0.25, -0.2) is 0 Å². The summed E-state index contributed by atoms with van der Waals surface area (Å²) < 4.78 is 0. The van der Waals surface area contributed by atoms with Gasteiger partial charge in [-0.1, -0.05) is 42.3 Å². The molecule has 0 amide bonds. The number of hydrogen-bond acceptors (Lipinski definition) is 4. The standard InChI is InChI=1S/C22H27ClN2O2/c23-19-20(22(27)17-10-2-1-9-16(17)21(19)26)24-12-5-7-15-8-6-14-25-13-4-3-11-18(15)25/h1-2,9-10,15,18,24H,3-8,11-14H2. The second-order valence-electron chi connectivity index (χ2n) is 7.96. The first-order valence-corrected chi connectivity index (χ1v) is 10.6. The third-order valence-electron chi connectivity index (χ3n) is 6.34. The summed E-state index contributed by atoms with van der Waals surface area (Å²) in [5.41, 5.74) is 1.11. The van der Waals surface area contributed by atoms with E-state index >= 15 is 0 Å². The number of carbonyl (C=O) groups excluding carboxylic acids is 2. The van der Waals surface area contributed by atoms with Crippen molar-refractivity contribution < 1.29 is 9.59 Å². The molecule has 2 atom stereocenters. The number of benzene rings is 1. The Hall–Kier alpha value is -1.65. The van der Waals surface area contributed by atoms with Crippen LogP contribution in [-0.4, -0.2) is 42.1 Å². The Morgan fingerprint density at radius 1 is 1.00 bits per heavy atom. The van der Waals surface area contributed by atoms with Crippen LogP contribution in [0.5, 0.6) is 0 Å². The summed E-state index contributed by atoms with van der Waals surface area (Å²) in [6.45, 7) is 3.20. The van der Waals surface area contributed by atoms with Crippen molar-refractivity contribution in [1.29, 1.82) is 0 Å². The molecule has 144 valence electrons. The third-order valence-corrected chi connectivity index (χ3v) is 6.70. The number of nitrogens with one attached hydrogen (secondary N) is 1. The van der Waals surface area contributed by atoms with Crippen LogP contribution in [0.4, 0.5) is 0 Å². The normalized spacial score (nSPS) is 26.0. The minimum absolute atomic E-state index is 0.0230. The minimum Gasteiger partial charge on any atom is -0.381 e. The molecule has 1 N–H and O–H groups in total. The van der Waals surface area contributed by atoms with Crippen LogP contribution in [0.15, 0.2) is 35.0 Å². The predicted octanol–water partition coefficient (Wildman–Crippen LogP) is 4.15. The van der Waals surface area contributed by atoms with Crippen molar-refractivity contribution in [2.75, 3.05) is 19.6 Å². The predicted molar refractivity (Wildman–Crippen MR) is 107 cm³/mol. The van der Waals surface area contributed by atoms with Crippen molar-refractivity contribution in [1.82, 2.24) is 10.2 Å². The zero-order valence-corrected chi connectivity index (χ0v) is 16.4. The maximum atomic E-state index is 12.7. The average Bonchev–Trinajstić information content (AvgIpc) is 2.71. The molecule has 5 heteroatoms. The summed E-state index contributed by atoms with van der Waals surface area (Å²) in [6, 6.07) is 7.64. The molecule has 4 nitrogen and oxygen atoms in total. The van der Waals surface area contributed by atoms with E-state index in [9.17, 15) is 9.59 Å². The van der Waals surface area contributed by atoms with Gasteiger partial charge in [0.1, 0.15) is 10.7 Å². The fourth-order valence-electron chi connectivity index (χ4n) is 4.99. The van der Waals surface area contributed by atoms with Gasteiger partial charge in [0.15, 0.2) is 0 Å². The summed E-state index contributed by atoms with van der Waals surface area (Å²) >= 11 is 6.21. The lowest BCUT2D eigenvalue weighted by atomic mass is 9.81. The molecule has 1 aromatic carbocycles. The third kappa shape index (κ3) is 3.70. The van der Waals surface area contributed by atoms with Crippen LogP contribution in [0.2, 0.25) is 0 Å². The van der Waals surface area contributed by atoms with Crippen LogP contribution in [0, 0.1) is 5.92 Å². The van der Waals surface area contributed by atoms with Crippen molar-refractivity contribution >= 4 is 23.2 Å². The molecule has 0 radical (unpaired) electrons. The summed E-state index contributed by atoms with van der Waals surface area (Å²) in [5.74, 6) is 0.320. The first kappa shape index (κ1) is 18.7. The summed E-state index contributed by atoms with van der Waals surface area (Å²) in [5, 5.41) is 3.19. The number of halogens is 1. The zero-order chi connectivity index (χ0) is 18.8. The number of Topliss-reactive ketones (excluding diaryl/α,β-unsaturated/α-hetero) is 2. The van der Waals surface area contributed by atoms with Crippen LogP contribution >= 0.6 is 11.6 Å². The van der Waals surface area contributed by atoms with Crippen LogP contribution < -0.4 is 5.32 Å². The van der Waals surface area contributed by atoms with Crippen LogP contribution in [0.25, 0.3) is 0 Å². The molecule has 2 aliphatic heterocycles. The molecule has 0 aromatic heterocycles. The van der Waals surface area contributed by atoms with Gasteiger partial charge in [0.25, 0.3) is 0 Å². The molecule has 3 aliphatic rings. The highest BCUT2D eigenvalue weighted by Gasteiger charge is 2.33. The highest BCUT2D eigenvalue weighted by Crippen LogP contribution is 2.33. The molecular weight excluding hydrogens is 360 g/mol. The van der Waals surface area contributed by atoms with Gasteiger partial charge < -0.3 is 10.2 Å². The second-order valence-corrected chi connectivity index (χ2v) is 8.34. The van der Waals surface area contributed by atoms with E-state index in [1.165, 1.54) is 45.2 Å². The van der Waals surface area contributed by atoms with Gasteiger partial charge in [0, 0.05) is 23.7 Å². The Balaban J connectivity index is 1.34. The van der Waals surface area contributed by atoms with Crippen LogP contribution in [0.3, 0.4) is 0 Å². The van der Waals surface area contributed by atoms with E-state index in [-0.39, 0.29) is 22.3 Å². The van der Waals surface area contributed by atoms with E-state index in [4.69, 9.17) is 11.6 Å². The van der Waals surface area contributed by atoms with Crippen molar-refractivity contribution in [2.45, 2.75) is 51.0 Å². The Bertz CT molecular complexity index is 771. The Labute approximate surface area is 165 Å². The molecule has 0 spiro atoms. The van der Waals surface area contributed by atoms with E-state index in [1.807, 2.05) is 0 Å². The molecule has 1 aromatic rings.